The van der Waals surface area contributed by atoms with Crippen molar-refractivity contribution in [2.45, 2.75) is 31.3 Å². The Labute approximate surface area is 116 Å². The number of aliphatic hydroxyl groups excluding tert-OH is 1. The number of hydrogen-bond acceptors (Lipinski definition) is 1. The van der Waals surface area contributed by atoms with E-state index in [9.17, 15) is 13.9 Å². The number of rotatable bonds is 4. The van der Waals surface area contributed by atoms with Gasteiger partial charge in [-0.15, -0.1) is 0 Å². The molecule has 104 valence electrons. The zero-order valence-electron chi connectivity index (χ0n) is 11.0. The lowest BCUT2D eigenvalue weighted by Crippen LogP contribution is -2.04. The monoisotopic (exact) mass is 274 g/mol. The Hall–Kier alpha value is -1.74. The van der Waals surface area contributed by atoms with Crippen LogP contribution >= 0.6 is 0 Å². The summed E-state index contributed by atoms with van der Waals surface area (Å²) in [5, 5.41) is 10.2. The lowest BCUT2D eigenvalue weighted by molar-refractivity contribution is 0.177. The van der Waals surface area contributed by atoms with E-state index in [0.717, 1.165) is 23.8 Å². The van der Waals surface area contributed by atoms with Gasteiger partial charge in [-0.25, -0.2) is 8.78 Å². The summed E-state index contributed by atoms with van der Waals surface area (Å²) in [6.07, 6.45) is 1.65. The molecule has 0 radical (unpaired) electrons. The van der Waals surface area contributed by atoms with Gasteiger partial charge in [0.1, 0.15) is 11.6 Å². The maximum absolute atomic E-state index is 13.6. The lowest BCUT2D eigenvalue weighted by Gasteiger charge is -2.13. The molecule has 2 aromatic carbocycles. The zero-order valence-corrected chi connectivity index (χ0v) is 11.0. The van der Waals surface area contributed by atoms with E-state index in [1.165, 1.54) is 18.4 Å². The fourth-order valence-electron chi connectivity index (χ4n) is 2.46. The van der Waals surface area contributed by atoms with E-state index in [2.05, 4.69) is 6.07 Å². The summed E-state index contributed by atoms with van der Waals surface area (Å²) in [5.74, 6) is -0.364. The van der Waals surface area contributed by atoms with Crippen molar-refractivity contribution in [1.29, 1.82) is 0 Å². The minimum atomic E-state index is -0.815. The molecule has 1 N–H and O–H groups in total. The minimum absolute atomic E-state index is 0.0811. The largest absolute Gasteiger partial charge is 0.388 e. The second-order valence-electron chi connectivity index (χ2n) is 5.40. The summed E-state index contributed by atoms with van der Waals surface area (Å²) >= 11 is 0. The maximum atomic E-state index is 13.6. The highest BCUT2D eigenvalue weighted by Gasteiger charge is 2.24. The van der Waals surface area contributed by atoms with Gasteiger partial charge in [-0.3, -0.25) is 0 Å². The molecule has 1 unspecified atom stereocenters. The maximum Gasteiger partial charge on any atom is 0.126 e. The van der Waals surface area contributed by atoms with E-state index in [4.69, 9.17) is 0 Å². The smallest absolute Gasteiger partial charge is 0.126 e. The highest BCUT2D eigenvalue weighted by Crippen LogP contribution is 2.40. The zero-order chi connectivity index (χ0) is 14.1. The van der Waals surface area contributed by atoms with Gasteiger partial charge in [0.25, 0.3) is 0 Å². The third-order valence-corrected chi connectivity index (χ3v) is 3.77. The summed E-state index contributed by atoms with van der Waals surface area (Å²) in [4.78, 5) is 0. The van der Waals surface area contributed by atoms with Crippen molar-refractivity contribution in [3.63, 3.8) is 0 Å². The summed E-state index contributed by atoms with van der Waals surface area (Å²) in [7, 11) is 0. The highest BCUT2D eigenvalue weighted by atomic mass is 19.1. The molecule has 1 nitrogen and oxygen atoms in total. The quantitative estimate of drug-likeness (QED) is 0.889. The molecule has 1 saturated carbocycles. The number of aliphatic hydroxyl groups is 1. The van der Waals surface area contributed by atoms with E-state index in [0.29, 0.717) is 5.92 Å². The molecule has 0 aromatic heterocycles. The normalized spacial score (nSPS) is 16.1. The van der Waals surface area contributed by atoms with E-state index in [1.54, 1.807) is 0 Å². The molecule has 3 rings (SSSR count). The van der Waals surface area contributed by atoms with Gasteiger partial charge in [0, 0.05) is 6.42 Å². The van der Waals surface area contributed by atoms with E-state index >= 15 is 0 Å². The first-order valence-corrected chi connectivity index (χ1v) is 6.85. The van der Waals surface area contributed by atoms with E-state index in [1.807, 2.05) is 18.2 Å². The predicted octanol–water partition coefficient (Wildman–Crippen LogP) is 4.12. The molecule has 20 heavy (non-hydrogen) atoms. The summed E-state index contributed by atoms with van der Waals surface area (Å²) in [5.41, 5.74) is 2.19. The molecular weight excluding hydrogens is 258 g/mol. The Bertz CT molecular complexity index is 620. The van der Waals surface area contributed by atoms with Gasteiger partial charge in [-0.05, 0) is 53.6 Å². The standard InChI is InChI=1S/C17H16F2O/c18-15-6-7-16(19)14(9-15)10-17(20)13-3-1-2-12(8-13)11-4-5-11/h1-3,6-9,11,17,20H,4-5,10H2. The SMILES string of the molecule is OC(Cc1cc(F)ccc1F)c1cccc(C2CC2)c1. The molecule has 3 heteroatoms. The Balaban J connectivity index is 1.80. The van der Waals surface area contributed by atoms with E-state index in [-0.39, 0.29) is 12.0 Å². The van der Waals surface area contributed by atoms with Crippen molar-refractivity contribution in [3.8, 4) is 0 Å². The Morgan fingerprint density at radius 1 is 1.10 bits per heavy atom. The molecule has 0 spiro atoms. The number of halogens is 2. The molecule has 0 aliphatic heterocycles. The first-order valence-electron chi connectivity index (χ1n) is 6.85. The second kappa shape index (κ2) is 5.33. The van der Waals surface area contributed by atoms with Crippen molar-refractivity contribution < 1.29 is 13.9 Å². The predicted molar refractivity (Wildman–Crippen MR) is 73.4 cm³/mol. The van der Waals surface area contributed by atoms with Gasteiger partial charge in [0.05, 0.1) is 6.10 Å². The van der Waals surface area contributed by atoms with Crippen LogP contribution in [-0.2, 0) is 6.42 Å². The third kappa shape index (κ3) is 2.88. The van der Waals surface area contributed by atoms with Crippen LogP contribution in [0.15, 0.2) is 42.5 Å². The molecule has 1 fully saturated rings. The Morgan fingerprint density at radius 3 is 2.65 bits per heavy atom. The highest BCUT2D eigenvalue weighted by molar-refractivity contribution is 5.31. The molecular formula is C17H16F2O. The minimum Gasteiger partial charge on any atom is -0.388 e. The van der Waals surface area contributed by atoms with Crippen LogP contribution in [0.5, 0.6) is 0 Å². The van der Waals surface area contributed by atoms with Crippen LogP contribution in [0.25, 0.3) is 0 Å². The molecule has 1 aliphatic carbocycles. The van der Waals surface area contributed by atoms with Crippen molar-refractivity contribution in [2.75, 3.05) is 0 Å². The van der Waals surface area contributed by atoms with Crippen LogP contribution in [-0.4, -0.2) is 5.11 Å². The van der Waals surface area contributed by atoms with Gasteiger partial charge in [0.15, 0.2) is 0 Å². The first kappa shape index (κ1) is 13.3. The van der Waals surface area contributed by atoms with Crippen LogP contribution in [0.3, 0.4) is 0 Å². The molecule has 0 saturated heterocycles. The van der Waals surface area contributed by atoms with Crippen LogP contribution in [0.2, 0.25) is 0 Å². The average Bonchev–Trinajstić information content (AvgIpc) is 3.27. The fourth-order valence-corrected chi connectivity index (χ4v) is 2.46. The number of benzene rings is 2. The van der Waals surface area contributed by atoms with Crippen LogP contribution in [0, 0.1) is 11.6 Å². The Kier molecular flexibility index (Phi) is 3.53. The molecule has 1 atom stereocenters. The van der Waals surface area contributed by atoms with Crippen LogP contribution < -0.4 is 0 Å². The van der Waals surface area contributed by atoms with Gasteiger partial charge in [0.2, 0.25) is 0 Å². The second-order valence-corrected chi connectivity index (χ2v) is 5.40. The van der Waals surface area contributed by atoms with Crippen molar-refractivity contribution in [2.24, 2.45) is 0 Å². The summed E-state index contributed by atoms with van der Waals surface area (Å²) in [6.45, 7) is 0. The number of hydrogen-bond donors (Lipinski definition) is 1. The lowest BCUT2D eigenvalue weighted by atomic mass is 9.98. The third-order valence-electron chi connectivity index (χ3n) is 3.77. The molecule has 0 heterocycles. The van der Waals surface area contributed by atoms with Gasteiger partial charge in [-0.2, -0.15) is 0 Å². The first-order chi connectivity index (χ1) is 9.63. The summed E-state index contributed by atoms with van der Waals surface area (Å²) < 4.78 is 26.7. The van der Waals surface area contributed by atoms with Crippen molar-refractivity contribution >= 4 is 0 Å². The van der Waals surface area contributed by atoms with Gasteiger partial charge >= 0.3 is 0 Å². The molecule has 0 bridgehead atoms. The molecule has 2 aromatic rings. The topological polar surface area (TPSA) is 20.2 Å². The molecule has 1 aliphatic rings. The van der Waals surface area contributed by atoms with Crippen molar-refractivity contribution in [1.82, 2.24) is 0 Å². The van der Waals surface area contributed by atoms with Gasteiger partial charge in [-0.1, -0.05) is 24.3 Å². The van der Waals surface area contributed by atoms with Gasteiger partial charge < -0.3 is 5.11 Å². The molecule has 0 amide bonds. The summed E-state index contributed by atoms with van der Waals surface area (Å²) in [6, 6.07) is 11.1. The van der Waals surface area contributed by atoms with Crippen LogP contribution in [0.4, 0.5) is 8.78 Å². The van der Waals surface area contributed by atoms with E-state index < -0.39 is 17.7 Å². The van der Waals surface area contributed by atoms with Crippen molar-refractivity contribution in [3.05, 3.63) is 70.8 Å². The average molecular weight is 274 g/mol. The van der Waals surface area contributed by atoms with Crippen LogP contribution in [0.1, 0.15) is 41.6 Å². The fraction of sp³-hybridized carbons (Fsp3) is 0.294. The Morgan fingerprint density at radius 2 is 1.90 bits per heavy atom.